The number of likely N-dealkylation sites (tertiary alicyclic amines) is 1. The highest BCUT2D eigenvalue weighted by Crippen LogP contribution is 2.31. The SMILES string of the molecule is C=CC(=O)N1CO[C@]2(CCN(C(=O)N(C)CCCC(N)=O)C2)C1. The number of nitrogens with zero attached hydrogens (tertiary/aromatic N) is 3. The molecule has 0 aromatic carbocycles. The van der Waals surface area contributed by atoms with Crippen LogP contribution in [0.25, 0.3) is 0 Å². The normalized spacial score (nSPS) is 23.3. The Bertz CT molecular complexity index is 510. The van der Waals surface area contributed by atoms with Crippen molar-refractivity contribution in [1.29, 1.82) is 0 Å². The van der Waals surface area contributed by atoms with Crippen molar-refractivity contribution in [3.63, 3.8) is 0 Å². The molecule has 4 amide bonds. The minimum Gasteiger partial charge on any atom is -0.370 e. The van der Waals surface area contributed by atoms with Gasteiger partial charge in [-0.2, -0.15) is 0 Å². The third-order valence-corrected chi connectivity index (χ3v) is 4.32. The van der Waals surface area contributed by atoms with Crippen molar-refractivity contribution in [3.8, 4) is 0 Å². The quantitative estimate of drug-likeness (QED) is 0.705. The lowest BCUT2D eigenvalue weighted by molar-refractivity contribution is -0.126. The van der Waals surface area contributed by atoms with E-state index in [-0.39, 0.29) is 31.0 Å². The fraction of sp³-hybridized carbons (Fsp3) is 0.667. The van der Waals surface area contributed by atoms with Crippen LogP contribution in [0.15, 0.2) is 12.7 Å². The lowest BCUT2D eigenvalue weighted by atomic mass is 10.0. The average molecular weight is 324 g/mol. The number of primary amides is 1. The van der Waals surface area contributed by atoms with Gasteiger partial charge in [-0.1, -0.05) is 6.58 Å². The first-order valence-corrected chi connectivity index (χ1v) is 7.70. The molecule has 128 valence electrons. The maximum absolute atomic E-state index is 12.4. The summed E-state index contributed by atoms with van der Waals surface area (Å²) in [6, 6.07) is -0.0940. The molecule has 8 nitrogen and oxygen atoms in total. The molecule has 0 radical (unpaired) electrons. The van der Waals surface area contributed by atoms with Crippen LogP contribution in [0, 0.1) is 0 Å². The van der Waals surface area contributed by atoms with Crippen LogP contribution in [-0.4, -0.2) is 78.1 Å². The topological polar surface area (TPSA) is 96.2 Å². The molecule has 23 heavy (non-hydrogen) atoms. The molecule has 0 aliphatic carbocycles. The van der Waals surface area contributed by atoms with Crippen LogP contribution in [0.5, 0.6) is 0 Å². The smallest absolute Gasteiger partial charge is 0.319 e. The van der Waals surface area contributed by atoms with Gasteiger partial charge in [0.15, 0.2) is 0 Å². The second kappa shape index (κ2) is 6.99. The summed E-state index contributed by atoms with van der Waals surface area (Å²) in [7, 11) is 1.71. The maximum atomic E-state index is 12.4. The van der Waals surface area contributed by atoms with Gasteiger partial charge < -0.3 is 25.2 Å². The number of nitrogens with two attached hydrogens (primary N) is 1. The van der Waals surface area contributed by atoms with Gasteiger partial charge in [-0.05, 0) is 18.9 Å². The van der Waals surface area contributed by atoms with Gasteiger partial charge >= 0.3 is 6.03 Å². The fourth-order valence-electron chi connectivity index (χ4n) is 3.01. The number of rotatable bonds is 5. The van der Waals surface area contributed by atoms with E-state index in [4.69, 9.17) is 10.5 Å². The highest BCUT2D eigenvalue weighted by Gasteiger charge is 2.47. The Labute approximate surface area is 135 Å². The van der Waals surface area contributed by atoms with E-state index < -0.39 is 5.60 Å². The number of hydrogen-bond donors (Lipinski definition) is 1. The molecular formula is C15H24N4O4. The van der Waals surface area contributed by atoms with E-state index >= 15 is 0 Å². The lowest BCUT2D eigenvalue weighted by Crippen LogP contribution is -2.44. The van der Waals surface area contributed by atoms with Crippen LogP contribution < -0.4 is 5.73 Å². The van der Waals surface area contributed by atoms with Gasteiger partial charge in [0.25, 0.3) is 0 Å². The number of hydrogen-bond acceptors (Lipinski definition) is 4. The first kappa shape index (κ1) is 17.3. The minimum absolute atomic E-state index is 0.0940. The number of ether oxygens (including phenoxy) is 1. The molecule has 2 heterocycles. The molecule has 0 aromatic heterocycles. The monoisotopic (exact) mass is 324 g/mol. The van der Waals surface area contributed by atoms with Crippen LogP contribution in [0.4, 0.5) is 4.79 Å². The molecule has 2 rings (SSSR count). The summed E-state index contributed by atoms with van der Waals surface area (Å²) in [5, 5.41) is 0. The molecule has 0 aromatic rings. The van der Waals surface area contributed by atoms with Gasteiger partial charge in [-0.3, -0.25) is 9.59 Å². The molecule has 0 bridgehead atoms. The van der Waals surface area contributed by atoms with Crippen molar-refractivity contribution < 1.29 is 19.1 Å². The van der Waals surface area contributed by atoms with Crippen molar-refractivity contribution in [2.45, 2.75) is 24.9 Å². The van der Waals surface area contributed by atoms with E-state index in [1.807, 2.05) is 0 Å². The van der Waals surface area contributed by atoms with E-state index in [0.717, 1.165) is 0 Å². The summed E-state index contributed by atoms with van der Waals surface area (Å²) in [6.45, 7) is 5.73. The predicted molar refractivity (Wildman–Crippen MR) is 83.2 cm³/mol. The third kappa shape index (κ3) is 4.01. The maximum Gasteiger partial charge on any atom is 0.319 e. The molecule has 8 heteroatoms. The van der Waals surface area contributed by atoms with Crippen molar-refractivity contribution in [3.05, 3.63) is 12.7 Å². The van der Waals surface area contributed by atoms with Crippen LogP contribution >= 0.6 is 0 Å². The summed E-state index contributed by atoms with van der Waals surface area (Å²) in [4.78, 5) is 39.7. The number of amides is 4. The zero-order valence-electron chi connectivity index (χ0n) is 13.5. The van der Waals surface area contributed by atoms with E-state index in [1.165, 1.54) is 6.08 Å². The van der Waals surface area contributed by atoms with Gasteiger partial charge in [0.2, 0.25) is 11.8 Å². The molecule has 2 N–H and O–H groups in total. The molecule has 1 atom stereocenters. The number of urea groups is 1. The largest absolute Gasteiger partial charge is 0.370 e. The average Bonchev–Trinajstić information content (AvgIpc) is 3.13. The Hall–Kier alpha value is -2.09. The highest BCUT2D eigenvalue weighted by molar-refractivity contribution is 5.87. The first-order valence-electron chi connectivity index (χ1n) is 7.70. The van der Waals surface area contributed by atoms with Crippen LogP contribution in [0.2, 0.25) is 0 Å². The summed E-state index contributed by atoms with van der Waals surface area (Å²) in [6.07, 6.45) is 2.79. The van der Waals surface area contributed by atoms with Crippen LogP contribution in [-0.2, 0) is 14.3 Å². The first-order chi connectivity index (χ1) is 10.9. The molecular weight excluding hydrogens is 300 g/mol. The third-order valence-electron chi connectivity index (χ3n) is 4.32. The Kier molecular flexibility index (Phi) is 5.25. The zero-order valence-corrected chi connectivity index (χ0v) is 13.5. The predicted octanol–water partition coefficient (Wildman–Crippen LogP) is -0.249. The lowest BCUT2D eigenvalue weighted by Gasteiger charge is -2.26. The molecule has 2 saturated heterocycles. The number of carbonyl (C=O) groups excluding carboxylic acids is 3. The van der Waals surface area contributed by atoms with Gasteiger partial charge in [0.05, 0.1) is 13.1 Å². The van der Waals surface area contributed by atoms with Crippen LogP contribution in [0.3, 0.4) is 0 Å². The highest BCUT2D eigenvalue weighted by atomic mass is 16.5. The molecule has 2 aliphatic heterocycles. The summed E-state index contributed by atoms with van der Waals surface area (Å²) in [5.41, 5.74) is 4.63. The van der Waals surface area contributed by atoms with Gasteiger partial charge in [0, 0.05) is 26.6 Å². The van der Waals surface area contributed by atoms with Crippen molar-refractivity contribution >= 4 is 17.8 Å². The molecule has 0 unspecified atom stereocenters. The summed E-state index contributed by atoms with van der Waals surface area (Å²) >= 11 is 0. The fourth-order valence-corrected chi connectivity index (χ4v) is 3.01. The summed E-state index contributed by atoms with van der Waals surface area (Å²) in [5.74, 6) is -0.521. The Morgan fingerprint density at radius 2 is 2.04 bits per heavy atom. The van der Waals surface area contributed by atoms with Gasteiger partial charge in [-0.15, -0.1) is 0 Å². The van der Waals surface area contributed by atoms with E-state index in [2.05, 4.69) is 6.58 Å². The Balaban J connectivity index is 1.85. The van der Waals surface area contributed by atoms with E-state index in [0.29, 0.717) is 39.0 Å². The molecule has 2 fully saturated rings. The van der Waals surface area contributed by atoms with Crippen molar-refractivity contribution in [2.75, 3.05) is 40.0 Å². The number of carbonyl (C=O) groups is 3. The molecule has 0 saturated carbocycles. The van der Waals surface area contributed by atoms with E-state index in [1.54, 1.807) is 21.7 Å². The Morgan fingerprint density at radius 3 is 2.70 bits per heavy atom. The summed E-state index contributed by atoms with van der Waals surface area (Å²) < 4.78 is 5.79. The second-order valence-corrected chi connectivity index (χ2v) is 6.14. The van der Waals surface area contributed by atoms with Crippen molar-refractivity contribution in [1.82, 2.24) is 14.7 Å². The van der Waals surface area contributed by atoms with E-state index in [9.17, 15) is 14.4 Å². The molecule has 1 spiro atoms. The van der Waals surface area contributed by atoms with Crippen LogP contribution in [0.1, 0.15) is 19.3 Å². The second-order valence-electron chi connectivity index (χ2n) is 6.14. The standard InChI is InChI=1S/C15H24N4O4/c1-3-13(21)19-10-15(23-11-19)6-8-18(9-15)14(22)17(2)7-4-5-12(16)20/h3H,1,4-11H2,2H3,(H2,16,20)/t15-/m0/s1. The van der Waals surface area contributed by atoms with Gasteiger partial charge in [-0.25, -0.2) is 4.79 Å². The Morgan fingerprint density at radius 1 is 1.35 bits per heavy atom. The van der Waals surface area contributed by atoms with Gasteiger partial charge in [0.1, 0.15) is 12.3 Å². The van der Waals surface area contributed by atoms with Crippen molar-refractivity contribution in [2.24, 2.45) is 5.73 Å². The minimum atomic E-state index is -0.470. The molecule has 2 aliphatic rings. The zero-order chi connectivity index (χ0) is 17.0.